The molecule has 1 aliphatic rings. The summed E-state index contributed by atoms with van der Waals surface area (Å²) in [6.07, 6.45) is -4.29. The predicted molar refractivity (Wildman–Crippen MR) is 79.6 cm³/mol. The van der Waals surface area contributed by atoms with Gasteiger partial charge in [0.1, 0.15) is 0 Å². The number of aliphatic hydroxyl groups is 1. The Labute approximate surface area is 133 Å². The van der Waals surface area contributed by atoms with Crippen LogP contribution >= 0.6 is 0 Å². The molecule has 0 aromatic heterocycles. The van der Waals surface area contributed by atoms with E-state index in [1.165, 1.54) is 7.11 Å². The van der Waals surface area contributed by atoms with Crippen molar-refractivity contribution in [2.75, 3.05) is 27.3 Å². The smallest absolute Gasteiger partial charge is 0.417 e. The molecule has 4 nitrogen and oxygen atoms in total. The molecule has 2 rings (SSSR count). The van der Waals surface area contributed by atoms with Gasteiger partial charge in [-0.15, -0.1) is 0 Å². The van der Waals surface area contributed by atoms with E-state index in [0.29, 0.717) is 31.0 Å². The lowest BCUT2D eigenvalue weighted by molar-refractivity contribution is -0.270. The third kappa shape index (κ3) is 3.72. The number of hydrogen-bond donors (Lipinski definition) is 1. The van der Waals surface area contributed by atoms with Crippen LogP contribution in [0.3, 0.4) is 0 Å². The Kier molecular flexibility index (Phi) is 5.10. The number of alkyl halides is 3. The highest BCUT2D eigenvalue weighted by molar-refractivity contribution is 5.42. The zero-order valence-electron chi connectivity index (χ0n) is 13.5. The monoisotopic (exact) mass is 333 g/mol. The van der Waals surface area contributed by atoms with Crippen molar-refractivity contribution in [2.24, 2.45) is 5.92 Å². The molecule has 0 spiro atoms. The number of ether oxygens (including phenoxy) is 2. The van der Waals surface area contributed by atoms with Crippen LogP contribution in [-0.4, -0.2) is 49.1 Å². The Morgan fingerprint density at radius 2 is 1.87 bits per heavy atom. The molecule has 7 heteroatoms. The summed E-state index contributed by atoms with van der Waals surface area (Å²) >= 11 is 0. The fraction of sp³-hybridized carbons (Fsp3) is 0.625. The summed E-state index contributed by atoms with van der Waals surface area (Å²) < 4.78 is 49.2. The van der Waals surface area contributed by atoms with Crippen molar-refractivity contribution in [3.05, 3.63) is 23.8 Å². The molecule has 1 heterocycles. The molecule has 2 unspecified atom stereocenters. The quantitative estimate of drug-likeness (QED) is 0.900. The van der Waals surface area contributed by atoms with E-state index in [4.69, 9.17) is 9.47 Å². The average molecular weight is 333 g/mol. The Balaban J connectivity index is 2.04. The van der Waals surface area contributed by atoms with E-state index in [-0.39, 0.29) is 6.54 Å². The van der Waals surface area contributed by atoms with Gasteiger partial charge in [0.15, 0.2) is 17.1 Å². The number of benzene rings is 1. The SMILES string of the molecule is COc1ccc(CN2CCC(C(C)(O)C(F)(F)F)C2)cc1OC. The van der Waals surface area contributed by atoms with Gasteiger partial charge in [0.05, 0.1) is 14.2 Å². The average Bonchev–Trinajstić information content (AvgIpc) is 2.95. The third-order valence-corrected chi connectivity index (χ3v) is 4.50. The zero-order chi connectivity index (χ0) is 17.3. The van der Waals surface area contributed by atoms with Gasteiger partial charge in [0.25, 0.3) is 0 Å². The summed E-state index contributed by atoms with van der Waals surface area (Å²) in [5.41, 5.74) is -1.73. The second-order valence-corrected chi connectivity index (χ2v) is 6.06. The Morgan fingerprint density at radius 1 is 1.22 bits per heavy atom. The molecular weight excluding hydrogens is 311 g/mol. The van der Waals surface area contributed by atoms with Crippen LogP contribution in [0.1, 0.15) is 18.9 Å². The summed E-state index contributed by atoms with van der Waals surface area (Å²) in [5, 5.41) is 9.80. The standard InChI is InChI=1S/C16H22F3NO3/c1-15(21,16(17,18)19)12-6-7-20(10-12)9-11-4-5-13(22-2)14(8-11)23-3/h4-5,8,12,21H,6-7,9-10H2,1-3H3. The van der Waals surface area contributed by atoms with Gasteiger partial charge in [0.2, 0.25) is 0 Å². The van der Waals surface area contributed by atoms with Crippen LogP contribution in [0.15, 0.2) is 18.2 Å². The maximum Gasteiger partial charge on any atom is 0.417 e. The first-order chi connectivity index (χ1) is 10.7. The van der Waals surface area contributed by atoms with Crippen LogP contribution in [0.5, 0.6) is 11.5 Å². The van der Waals surface area contributed by atoms with Crippen molar-refractivity contribution in [2.45, 2.75) is 31.7 Å². The number of methoxy groups -OCH3 is 2. The van der Waals surface area contributed by atoms with Crippen molar-refractivity contribution < 1.29 is 27.8 Å². The molecule has 0 saturated carbocycles. The number of hydrogen-bond acceptors (Lipinski definition) is 4. The maximum absolute atomic E-state index is 12.9. The molecule has 1 N–H and O–H groups in total. The summed E-state index contributed by atoms with van der Waals surface area (Å²) in [7, 11) is 3.08. The first-order valence-corrected chi connectivity index (χ1v) is 7.41. The van der Waals surface area contributed by atoms with Gasteiger partial charge in [-0.05, 0) is 37.6 Å². The fourth-order valence-corrected chi connectivity index (χ4v) is 2.90. The normalized spacial score (nSPS) is 22.0. The predicted octanol–water partition coefficient (Wildman–Crippen LogP) is 2.84. The van der Waals surface area contributed by atoms with Crippen molar-refractivity contribution in [1.29, 1.82) is 0 Å². The van der Waals surface area contributed by atoms with E-state index in [1.54, 1.807) is 13.2 Å². The van der Waals surface area contributed by atoms with Gasteiger partial charge in [-0.2, -0.15) is 13.2 Å². The van der Waals surface area contributed by atoms with Crippen molar-refractivity contribution >= 4 is 0 Å². The number of rotatable bonds is 5. The minimum absolute atomic E-state index is 0.209. The largest absolute Gasteiger partial charge is 0.493 e. The van der Waals surface area contributed by atoms with Gasteiger partial charge in [-0.1, -0.05) is 6.07 Å². The highest BCUT2D eigenvalue weighted by atomic mass is 19.4. The Morgan fingerprint density at radius 3 is 2.43 bits per heavy atom. The molecule has 23 heavy (non-hydrogen) atoms. The van der Waals surface area contributed by atoms with Gasteiger partial charge in [-0.3, -0.25) is 4.90 Å². The molecule has 0 aliphatic carbocycles. The maximum atomic E-state index is 12.9. The van der Waals surface area contributed by atoms with Gasteiger partial charge < -0.3 is 14.6 Å². The summed E-state index contributed by atoms with van der Waals surface area (Å²) in [4.78, 5) is 1.91. The van der Waals surface area contributed by atoms with Crippen LogP contribution in [-0.2, 0) is 6.54 Å². The van der Waals surface area contributed by atoms with Crippen LogP contribution in [0.25, 0.3) is 0 Å². The van der Waals surface area contributed by atoms with E-state index in [9.17, 15) is 18.3 Å². The molecule has 1 aliphatic heterocycles. The molecule has 130 valence electrons. The number of likely N-dealkylation sites (tertiary alicyclic amines) is 1. The Bertz CT molecular complexity index is 546. The van der Waals surface area contributed by atoms with Crippen molar-refractivity contribution in [3.63, 3.8) is 0 Å². The van der Waals surface area contributed by atoms with Crippen LogP contribution in [0.4, 0.5) is 13.2 Å². The van der Waals surface area contributed by atoms with E-state index in [1.807, 2.05) is 17.0 Å². The van der Waals surface area contributed by atoms with Crippen molar-refractivity contribution in [1.82, 2.24) is 4.90 Å². The van der Waals surface area contributed by atoms with Gasteiger partial charge >= 0.3 is 6.18 Å². The van der Waals surface area contributed by atoms with Gasteiger partial charge in [-0.25, -0.2) is 0 Å². The lowest BCUT2D eigenvalue weighted by Gasteiger charge is -2.32. The first-order valence-electron chi connectivity index (χ1n) is 7.41. The first kappa shape index (κ1) is 17.9. The van der Waals surface area contributed by atoms with Crippen LogP contribution < -0.4 is 9.47 Å². The summed E-state index contributed by atoms with van der Waals surface area (Å²) in [6, 6.07) is 5.44. The molecule has 1 aromatic carbocycles. The highest BCUT2D eigenvalue weighted by Gasteiger charge is 2.55. The van der Waals surface area contributed by atoms with Crippen LogP contribution in [0, 0.1) is 5.92 Å². The van der Waals surface area contributed by atoms with E-state index < -0.39 is 17.7 Å². The molecule has 0 radical (unpaired) electrons. The molecular formula is C16H22F3NO3. The van der Waals surface area contributed by atoms with Crippen molar-refractivity contribution in [3.8, 4) is 11.5 Å². The van der Waals surface area contributed by atoms with Crippen LogP contribution in [0.2, 0.25) is 0 Å². The molecule has 0 bridgehead atoms. The summed E-state index contributed by atoms with van der Waals surface area (Å²) in [5.74, 6) is 0.376. The zero-order valence-corrected chi connectivity index (χ0v) is 13.5. The lowest BCUT2D eigenvalue weighted by atomic mass is 9.88. The fourth-order valence-electron chi connectivity index (χ4n) is 2.90. The second kappa shape index (κ2) is 6.57. The second-order valence-electron chi connectivity index (χ2n) is 6.06. The highest BCUT2D eigenvalue weighted by Crippen LogP contribution is 2.40. The lowest BCUT2D eigenvalue weighted by Crippen LogP contribution is -2.49. The molecule has 2 atom stereocenters. The number of halogens is 3. The van der Waals surface area contributed by atoms with E-state index in [0.717, 1.165) is 12.5 Å². The van der Waals surface area contributed by atoms with E-state index in [2.05, 4.69) is 0 Å². The van der Waals surface area contributed by atoms with E-state index >= 15 is 0 Å². The topological polar surface area (TPSA) is 41.9 Å². The number of nitrogens with zero attached hydrogens (tertiary/aromatic N) is 1. The minimum atomic E-state index is -4.61. The third-order valence-electron chi connectivity index (χ3n) is 4.50. The summed E-state index contributed by atoms with van der Waals surface area (Å²) in [6.45, 7) is 2.09. The molecule has 1 saturated heterocycles. The molecule has 1 aromatic rings. The molecule has 0 amide bonds. The Hall–Kier alpha value is -1.47. The molecule has 1 fully saturated rings. The van der Waals surface area contributed by atoms with Gasteiger partial charge in [0, 0.05) is 19.0 Å². The minimum Gasteiger partial charge on any atom is -0.493 e.